The second-order valence-corrected chi connectivity index (χ2v) is 13.9. The molecule has 2 aliphatic heterocycles. The Hall–Kier alpha value is -3.28. The number of ether oxygens (including phenoxy) is 1. The van der Waals surface area contributed by atoms with Crippen LogP contribution in [0.15, 0.2) is 35.4 Å². The van der Waals surface area contributed by atoms with Gasteiger partial charge >= 0.3 is 0 Å². The third-order valence-electron chi connectivity index (χ3n) is 8.69. The van der Waals surface area contributed by atoms with Crippen LogP contribution >= 0.6 is 0 Å². The van der Waals surface area contributed by atoms with Gasteiger partial charge in [0.05, 0.1) is 6.54 Å². The predicted molar refractivity (Wildman–Crippen MR) is 159 cm³/mol. The van der Waals surface area contributed by atoms with Gasteiger partial charge in [0.15, 0.2) is 0 Å². The largest absolute Gasteiger partial charge is 0.491 e. The van der Waals surface area contributed by atoms with E-state index in [-0.39, 0.29) is 17.3 Å². The Labute approximate surface area is 242 Å². The van der Waals surface area contributed by atoms with E-state index in [1.165, 1.54) is 22.0 Å². The molecule has 2 atom stereocenters. The van der Waals surface area contributed by atoms with Gasteiger partial charge in [-0.05, 0) is 69.2 Å². The first kappa shape index (κ1) is 27.9. The number of nitrogens with two attached hydrogens (primary N) is 2. The summed E-state index contributed by atoms with van der Waals surface area (Å²) in [7, 11) is -3.84. The second kappa shape index (κ2) is 10.5. The maximum Gasteiger partial charge on any atom is 0.246 e. The summed E-state index contributed by atoms with van der Waals surface area (Å²) >= 11 is 0. The Morgan fingerprint density at radius 2 is 2.00 bits per heavy atom. The van der Waals surface area contributed by atoms with Crippen LogP contribution in [-0.4, -0.2) is 59.5 Å². The zero-order valence-corrected chi connectivity index (χ0v) is 24.9. The fraction of sp³-hybridized carbons (Fsp3) is 0.500. The summed E-state index contributed by atoms with van der Waals surface area (Å²) in [5, 5.41) is 0. The van der Waals surface area contributed by atoms with Crippen molar-refractivity contribution in [2.45, 2.75) is 69.9 Å². The normalized spacial score (nSPS) is 23.0. The van der Waals surface area contributed by atoms with E-state index in [9.17, 15) is 8.42 Å². The predicted octanol–water partition coefficient (Wildman–Crippen LogP) is 3.45. The van der Waals surface area contributed by atoms with Crippen molar-refractivity contribution in [3.05, 3.63) is 53.1 Å². The van der Waals surface area contributed by atoms with Gasteiger partial charge in [-0.15, -0.1) is 0 Å². The van der Waals surface area contributed by atoms with Crippen LogP contribution in [-0.2, 0) is 29.4 Å². The number of aromatic nitrogens is 3. The van der Waals surface area contributed by atoms with E-state index in [2.05, 4.69) is 22.9 Å². The fourth-order valence-electron chi connectivity index (χ4n) is 6.26. The summed E-state index contributed by atoms with van der Waals surface area (Å²) in [5.41, 5.74) is 16.7. The molecule has 3 aliphatic rings. The van der Waals surface area contributed by atoms with Gasteiger partial charge in [-0.25, -0.2) is 23.4 Å². The molecule has 4 N–H and O–H groups in total. The van der Waals surface area contributed by atoms with Gasteiger partial charge in [0.1, 0.15) is 34.7 Å². The van der Waals surface area contributed by atoms with Crippen molar-refractivity contribution in [3.63, 3.8) is 0 Å². The lowest BCUT2D eigenvalue weighted by molar-refractivity contribution is 0.331. The number of aryl methyl sites for hydroxylation is 1. The molecule has 1 unspecified atom stereocenters. The van der Waals surface area contributed by atoms with E-state index in [0.717, 1.165) is 47.8 Å². The van der Waals surface area contributed by atoms with E-state index in [1.54, 1.807) is 12.3 Å². The molecular weight excluding hydrogens is 538 g/mol. The van der Waals surface area contributed by atoms with Crippen molar-refractivity contribution in [1.82, 2.24) is 19.3 Å². The minimum absolute atomic E-state index is 0.00833. The molecule has 4 heterocycles. The smallest absolute Gasteiger partial charge is 0.246 e. The number of hydrogen-bond acceptors (Lipinski definition) is 9. The number of nitrogens with zero attached hydrogens (tertiary/aromatic N) is 5. The molecule has 0 spiro atoms. The van der Waals surface area contributed by atoms with Gasteiger partial charge in [0.25, 0.3) is 0 Å². The topological polar surface area (TPSA) is 141 Å². The molecule has 3 aromatic rings. The second-order valence-electron chi connectivity index (χ2n) is 12.0. The van der Waals surface area contributed by atoms with Crippen LogP contribution in [0.4, 0.5) is 11.6 Å². The summed E-state index contributed by atoms with van der Waals surface area (Å²) in [6, 6.07) is 7.56. The van der Waals surface area contributed by atoms with Crippen LogP contribution < -0.4 is 21.1 Å². The molecule has 1 saturated heterocycles. The molecule has 0 amide bonds. The molecular formula is C30H39N7O3S. The number of fused-ring (bicyclic) bond motifs is 2. The third kappa shape index (κ3) is 5.38. The van der Waals surface area contributed by atoms with Crippen LogP contribution in [0.25, 0.3) is 11.1 Å². The van der Waals surface area contributed by atoms with Crippen molar-refractivity contribution in [2.75, 3.05) is 36.9 Å². The molecule has 41 heavy (non-hydrogen) atoms. The molecule has 0 saturated carbocycles. The Bertz CT molecular complexity index is 1590. The number of pyridine rings is 1. The number of hydrogen-bond donors (Lipinski definition) is 2. The van der Waals surface area contributed by atoms with Gasteiger partial charge in [0.2, 0.25) is 10.0 Å². The molecule has 1 fully saturated rings. The highest BCUT2D eigenvalue weighted by Gasteiger charge is 2.38. The Morgan fingerprint density at radius 1 is 1.17 bits per heavy atom. The third-order valence-corrected chi connectivity index (χ3v) is 10.6. The number of anilines is 2. The molecule has 0 bridgehead atoms. The number of benzene rings is 1. The summed E-state index contributed by atoms with van der Waals surface area (Å²) in [6.07, 6.45) is 6.53. The molecule has 6 rings (SSSR count). The summed E-state index contributed by atoms with van der Waals surface area (Å²) in [5.74, 6) is 3.27. The molecule has 10 nitrogen and oxygen atoms in total. The fourth-order valence-corrected chi connectivity index (χ4v) is 7.92. The lowest BCUT2D eigenvalue weighted by Gasteiger charge is -2.29. The maximum absolute atomic E-state index is 13.5. The molecule has 11 heteroatoms. The molecule has 1 aliphatic carbocycles. The Kier molecular flexibility index (Phi) is 7.15. The average Bonchev–Trinajstić information content (AvgIpc) is 3.19. The van der Waals surface area contributed by atoms with Crippen LogP contribution in [0.2, 0.25) is 0 Å². The van der Waals surface area contributed by atoms with Crippen molar-refractivity contribution < 1.29 is 13.2 Å². The molecule has 218 valence electrons. The lowest BCUT2D eigenvalue weighted by Crippen LogP contribution is -2.40. The summed E-state index contributed by atoms with van der Waals surface area (Å²) in [6.45, 7) is 8.57. The minimum atomic E-state index is -3.84. The van der Waals surface area contributed by atoms with Crippen LogP contribution in [0.3, 0.4) is 0 Å². The van der Waals surface area contributed by atoms with E-state index in [0.29, 0.717) is 44.1 Å². The van der Waals surface area contributed by atoms with Gasteiger partial charge in [-0.3, -0.25) is 0 Å². The molecule has 2 aromatic heterocycles. The average molecular weight is 578 g/mol. The van der Waals surface area contributed by atoms with E-state index >= 15 is 0 Å². The maximum atomic E-state index is 13.5. The molecule has 1 aromatic carbocycles. The van der Waals surface area contributed by atoms with E-state index < -0.39 is 15.6 Å². The highest BCUT2D eigenvalue weighted by Crippen LogP contribution is 2.36. The van der Waals surface area contributed by atoms with Crippen molar-refractivity contribution in [2.24, 2.45) is 11.7 Å². The molecule has 0 radical (unpaired) electrons. The van der Waals surface area contributed by atoms with Crippen LogP contribution in [0.5, 0.6) is 5.75 Å². The number of nitrogen functional groups attached to an aromatic ring is 1. The SMILES string of the molecule is CC[C@H]1CCc2c(nc(C)nc2N2CCOc3ccc(-c4cnc(N)c(S(=O)(=O)N5CCC(C)(N)C5)c4)cc3C2)C1. The number of rotatable bonds is 5. The summed E-state index contributed by atoms with van der Waals surface area (Å²) < 4.78 is 34.6. The van der Waals surface area contributed by atoms with Crippen molar-refractivity contribution in [3.8, 4) is 16.9 Å². The number of sulfonamides is 1. The first-order valence-electron chi connectivity index (χ1n) is 14.5. The monoisotopic (exact) mass is 577 g/mol. The zero-order chi connectivity index (χ0) is 28.9. The lowest BCUT2D eigenvalue weighted by atomic mass is 9.85. The van der Waals surface area contributed by atoms with Crippen molar-refractivity contribution in [1.29, 1.82) is 0 Å². The first-order valence-corrected chi connectivity index (χ1v) is 15.9. The minimum Gasteiger partial charge on any atom is -0.491 e. The highest BCUT2D eigenvalue weighted by atomic mass is 32.2. The van der Waals surface area contributed by atoms with E-state index in [1.807, 2.05) is 26.0 Å². The van der Waals surface area contributed by atoms with Gasteiger partial charge in [-0.1, -0.05) is 19.4 Å². The van der Waals surface area contributed by atoms with Crippen LogP contribution in [0, 0.1) is 12.8 Å². The van der Waals surface area contributed by atoms with Gasteiger partial charge in [0, 0.05) is 53.8 Å². The van der Waals surface area contributed by atoms with E-state index in [4.69, 9.17) is 26.2 Å². The van der Waals surface area contributed by atoms with Crippen LogP contribution in [0.1, 0.15) is 55.8 Å². The standard InChI is InChI=1S/C30H39N7O3S/c1-4-20-5-7-24-25(13-20)34-19(2)35-29(24)36-11-12-40-26-8-6-21(14-23(26)17-36)22-15-27(28(31)33-16-22)41(38,39)37-10-9-30(3,32)18-37/h6,8,14-16,20H,4-5,7,9-13,17-18,32H2,1-3H3,(H2,31,33)/t20-,30?/m0/s1. The Morgan fingerprint density at radius 3 is 2.76 bits per heavy atom. The summed E-state index contributed by atoms with van der Waals surface area (Å²) in [4.78, 5) is 16.3. The highest BCUT2D eigenvalue weighted by molar-refractivity contribution is 7.89. The quantitative estimate of drug-likeness (QED) is 0.466. The first-order chi connectivity index (χ1) is 19.5. The Balaban J connectivity index is 1.32. The van der Waals surface area contributed by atoms with Gasteiger partial charge in [-0.2, -0.15) is 4.31 Å². The zero-order valence-electron chi connectivity index (χ0n) is 24.1. The van der Waals surface area contributed by atoms with Crippen molar-refractivity contribution >= 4 is 21.7 Å². The van der Waals surface area contributed by atoms with Gasteiger partial charge < -0.3 is 21.1 Å².